The first-order valence-electron chi connectivity index (χ1n) is 12.6. The molecule has 5 rings (SSSR count). The van der Waals surface area contributed by atoms with Crippen LogP contribution in [0.15, 0.2) is 109 Å². The second kappa shape index (κ2) is 11.7. The van der Waals surface area contributed by atoms with E-state index < -0.39 is 17.8 Å². The smallest absolute Gasteiger partial charge is 0.343 e. The van der Waals surface area contributed by atoms with Crippen LogP contribution in [0.1, 0.15) is 18.1 Å². The first kappa shape index (κ1) is 26.4. The predicted octanol–water partition coefficient (Wildman–Crippen LogP) is 6.39. The number of rotatable bonds is 8. The maximum atomic E-state index is 13.6. The molecule has 4 amide bonds. The SMILES string of the molecule is CCOc1cc(C=C2C(=O)N(c3ccccc3)C(=O)N(c3ccccc3)C2=O)ccc1OCc1ccc(F)cc1. The molecule has 1 aliphatic heterocycles. The van der Waals surface area contributed by atoms with Crippen molar-refractivity contribution < 1.29 is 28.2 Å². The van der Waals surface area contributed by atoms with Gasteiger partial charge < -0.3 is 9.47 Å². The number of barbiturate groups is 1. The van der Waals surface area contributed by atoms with Gasteiger partial charge in [-0.2, -0.15) is 0 Å². The topological polar surface area (TPSA) is 76.2 Å². The number of amides is 4. The van der Waals surface area contributed by atoms with Crippen molar-refractivity contribution in [2.75, 3.05) is 16.4 Å². The fraction of sp³-hybridized carbons (Fsp3) is 0.0938. The number of carbonyl (C=O) groups is 3. The molecule has 0 aliphatic carbocycles. The van der Waals surface area contributed by atoms with Crippen molar-refractivity contribution in [3.63, 3.8) is 0 Å². The second-order valence-corrected chi connectivity index (χ2v) is 8.85. The maximum Gasteiger partial charge on any atom is 0.343 e. The molecule has 7 nitrogen and oxygen atoms in total. The fourth-order valence-electron chi connectivity index (χ4n) is 4.25. The third kappa shape index (κ3) is 5.47. The Balaban J connectivity index is 1.51. The summed E-state index contributed by atoms with van der Waals surface area (Å²) in [6.45, 7) is 2.37. The highest BCUT2D eigenvalue weighted by atomic mass is 19.1. The van der Waals surface area contributed by atoms with E-state index in [1.807, 2.05) is 6.92 Å². The van der Waals surface area contributed by atoms with Gasteiger partial charge in [-0.15, -0.1) is 0 Å². The highest BCUT2D eigenvalue weighted by Gasteiger charge is 2.43. The molecule has 8 heteroatoms. The molecule has 0 radical (unpaired) electrons. The van der Waals surface area contributed by atoms with Gasteiger partial charge in [0.15, 0.2) is 11.5 Å². The minimum Gasteiger partial charge on any atom is -0.490 e. The fourth-order valence-corrected chi connectivity index (χ4v) is 4.25. The van der Waals surface area contributed by atoms with Gasteiger partial charge in [-0.25, -0.2) is 19.0 Å². The molecule has 1 heterocycles. The van der Waals surface area contributed by atoms with Crippen LogP contribution in [0.5, 0.6) is 11.5 Å². The van der Waals surface area contributed by atoms with Gasteiger partial charge in [0.25, 0.3) is 11.8 Å². The van der Waals surface area contributed by atoms with Gasteiger partial charge in [-0.1, -0.05) is 54.6 Å². The normalized spacial score (nSPS) is 13.4. The molecule has 0 bridgehead atoms. The number of nitrogens with zero attached hydrogens (tertiary/aromatic N) is 2. The summed E-state index contributed by atoms with van der Waals surface area (Å²) < 4.78 is 24.9. The quantitative estimate of drug-likeness (QED) is 0.193. The lowest BCUT2D eigenvalue weighted by Gasteiger charge is -2.33. The number of carbonyl (C=O) groups excluding carboxylic acids is 3. The van der Waals surface area contributed by atoms with E-state index in [-0.39, 0.29) is 18.0 Å². The Morgan fingerprint density at radius 1 is 0.700 bits per heavy atom. The van der Waals surface area contributed by atoms with Crippen LogP contribution < -0.4 is 19.3 Å². The summed E-state index contributed by atoms with van der Waals surface area (Å²) >= 11 is 0. The number of benzene rings is 4. The summed E-state index contributed by atoms with van der Waals surface area (Å²) in [5, 5.41) is 0. The molecule has 0 N–H and O–H groups in total. The van der Waals surface area contributed by atoms with Crippen molar-refractivity contribution in [1.29, 1.82) is 0 Å². The number of hydrogen-bond donors (Lipinski definition) is 0. The molecule has 1 saturated heterocycles. The minimum atomic E-state index is -0.760. The third-order valence-electron chi connectivity index (χ3n) is 6.16. The standard InChI is InChI=1S/C32H25FN2O5/c1-2-39-29-20-23(15-18-28(29)40-21-22-13-16-24(33)17-14-22)19-27-30(36)34(25-9-5-3-6-10-25)32(38)35(31(27)37)26-11-7-4-8-12-26/h3-20H,2,21H2,1H3. The number of imide groups is 2. The number of para-hydroxylation sites is 2. The summed E-state index contributed by atoms with van der Waals surface area (Å²) in [7, 11) is 0. The van der Waals surface area contributed by atoms with Gasteiger partial charge in [0.1, 0.15) is 18.0 Å². The zero-order valence-corrected chi connectivity index (χ0v) is 21.6. The van der Waals surface area contributed by atoms with Crippen molar-refractivity contribution in [3.8, 4) is 11.5 Å². The van der Waals surface area contributed by atoms with Crippen molar-refractivity contribution in [2.45, 2.75) is 13.5 Å². The van der Waals surface area contributed by atoms with Crippen LogP contribution in [0, 0.1) is 5.82 Å². The number of hydrogen-bond acceptors (Lipinski definition) is 5. The Hall–Kier alpha value is -5.24. The van der Waals surface area contributed by atoms with Crippen LogP contribution in [0.25, 0.3) is 6.08 Å². The molecule has 0 spiro atoms. The molecule has 1 aliphatic rings. The molecule has 40 heavy (non-hydrogen) atoms. The first-order valence-corrected chi connectivity index (χ1v) is 12.6. The van der Waals surface area contributed by atoms with E-state index in [2.05, 4.69) is 0 Å². The lowest BCUT2D eigenvalue weighted by atomic mass is 10.0. The van der Waals surface area contributed by atoms with Crippen LogP contribution in [-0.4, -0.2) is 24.5 Å². The minimum absolute atomic E-state index is 0.185. The van der Waals surface area contributed by atoms with Gasteiger partial charge in [-0.05, 0) is 72.7 Å². The van der Waals surface area contributed by atoms with Crippen LogP contribution >= 0.6 is 0 Å². The number of anilines is 2. The van der Waals surface area contributed by atoms with E-state index in [1.165, 1.54) is 18.2 Å². The van der Waals surface area contributed by atoms with Gasteiger partial charge in [0.05, 0.1) is 18.0 Å². The molecule has 0 saturated carbocycles. The highest BCUT2D eigenvalue weighted by molar-refractivity contribution is 6.46. The summed E-state index contributed by atoms with van der Waals surface area (Å²) in [5.41, 5.74) is 1.78. The molecule has 200 valence electrons. The summed E-state index contributed by atoms with van der Waals surface area (Å²) in [6.07, 6.45) is 1.44. The maximum absolute atomic E-state index is 13.6. The Labute approximate surface area is 230 Å². The second-order valence-electron chi connectivity index (χ2n) is 8.85. The predicted molar refractivity (Wildman–Crippen MR) is 150 cm³/mol. The Kier molecular flexibility index (Phi) is 7.68. The number of halogens is 1. The lowest BCUT2D eigenvalue weighted by molar-refractivity contribution is -0.121. The highest BCUT2D eigenvalue weighted by Crippen LogP contribution is 2.33. The largest absolute Gasteiger partial charge is 0.490 e. The zero-order valence-electron chi connectivity index (χ0n) is 21.6. The van der Waals surface area contributed by atoms with E-state index >= 15 is 0 Å². The van der Waals surface area contributed by atoms with E-state index in [9.17, 15) is 18.8 Å². The van der Waals surface area contributed by atoms with Gasteiger partial charge in [0, 0.05) is 0 Å². The summed E-state index contributed by atoms with van der Waals surface area (Å²) in [5.74, 6) is -0.945. The number of ether oxygens (including phenoxy) is 2. The van der Waals surface area contributed by atoms with Crippen molar-refractivity contribution in [1.82, 2.24) is 0 Å². The van der Waals surface area contributed by atoms with E-state index in [1.54, 1.807) is 91.0 Å². The van der Waals surface area contributed by atoms with Crippen LogP contribution in [0.4, 0.5) is 20.6 Å². The molecule has 0 aromatic heterocycles. The van der Waals surface area contributed by atoms with E-state index in [0.29, 0.717) is 35.0 Å². The monoisotopic (exact) mass is 536 g/mol. The van der Waals surface area contributed by atoms with Crippen molar-refractivity contribution in [2.24, 2.45) is 0 Å². The average molecular weight is 537 g/mol. The van der Waals surface area contributed by atoms with Gasteiger partial charge >= 0.3 is 6.03 Å². The average Bonchev–Trinajstić information content (AvgIpc) is 2.97. The molecule has 1 fully saturated rings. The van der Waals surface area contributed by atoms with Crippen LogP contribution in [0.3, 0.4) is 0 Å². The molecule has 4 aromatic carbocycles. The van der Waals surface area contributed by atoms with Gasteiger partial charge in [-0.3, -0.25) is 9.59 Å². The zero-order chi connectivity index (χ0) is 28.1. The molecule has 0 unspecified atom stereocenters. The molecule has 0 atom stereocenters. The number of urea groups is 1. The van der Waals surface area contributed by atoms with Gasteiger partial charge in [0.2, 0.25) is 0 Å². The van der Waals surface area contributed by atoms with Crippen LogP contribution in [0.2, 0.25) is 0 Å². The van der Waals surface area contributed by atoms with Crippen LogP contribution in [-0.2, 0) is 16.2 Å². The third-order valence-corrected chi connectivity index (χ3v) is 6.16. The van der Waals surface area contributed by atoms with E-state index in [0.717, 1.165) is 15.4 Å². The van der Waals surface area contributed by atoms with E-state index in [4.69, 9.17) is 9.47 Å². The summed E-state index contributed by atoms with van der Waals surface area (Å²) in [6, 6.07) is 27.2. The molecular weight excluding hydrogens is 511 g/mol. The Morgan fingerprint density at radius 2 is 1.27 bits per heavy atom. The summed E-state index contributed by atoms with van der Waals surface area (Å²) in [4.78, 5) is 42.6. The Morgan fingerprint density at radius 3 is 1.82 bits per heavy atom. The first-order chi connectivity index (χ1) is 19.5. The Bertz CT molecular complexity index is 1510. The molecular formula is C32H25FN2O5. The molecule has 4 aromatic rings. The lowest BCUT2D eigenvalue weighted by Crippen LogP contribution is -2.57. The van der Waals surface area contributed by atoms with Crippen molar-refractivity contribution in [3.05, 3.63) is 126 Å². The van der Waals surface area contributed by atoms with Crippen molar-refractivity contribution >= 4 is 35.3 Å².